The third-order valence-corrected chi connectivity index (χ3v) is 5.83. The van der Waals surface area contributed by atoms with Crippen molar-refractivity contribution in [3.05, 3.63) is 0 Å². The monoisotopic (exact) mass is 290 g/mol. The van der Waals surface area contributed by atoms with Gasteiger partial charge in [-0.2, -0.15) is 4.31 Å². The first-order valence-corrected chi connectivity index (χ1v) is 9.43. The summed E-state index contributed by atoms with van der Waals surface area (Å²) in [5.41, 5.74) is 0. The normalized spacial score (nSPS) is 22.3. The highest BCUT2D eigenvalue weighted by Gasteiger charge is 2.29. The van der Waals surface area contributed by atoms with Gasteiger partial charge >= 0.3 is 0 Å². The summed E-state index contributed by atoms with van der Waals surface area (Å²) in [4.78, 5) is 0. The van der Waals surface area contributed by atoms with E-state index in [4.69, 9.17) is 0 Å². The van der Waals surface area contributed by atoms with Crippen molar-refractivity contribution in [1.29, 1.82) is 0 Å². The summed E-state index contributed by atoms with van der Waals surface area (Å²) in [6.07, 6.45) is 7.14. The fourth-order valence-corrected chi connectivity index (χ4v) is 4.58. The number of hydrogen-bond acceptors (Lipinski definition) is 3. The Balaban J connectivity index is 2.48. The van der Waals surface area contributed by atoms with Crippen molar-refractivity contribution in [2.24, 2.45) is 0 Å². The van der Waals surface area contributed by atoms with Crippen LogP contribution in [-0.2, 0) is 10.0 Å². The van der Waals surface area contributed by atoms with Gasteiger partial charge < -0.3 is 5.32 Å². The van der Waals surface area contributed by atoms with Crippen molar-refractivity contribution in [1.82, 2.24) is 9.62 Å². The minimum atomic E-state index is -3.06. The van der Waals surface area contributed by atoms with Crippen molar-refractivity contribution in [2.45, 2.75) is 64.8 Å². The molecule has 1 aliphatic heterocycles. The van der Waals surface area contributed by atoms with Crippen LogP contribution in [0.5, 0.6) is 0 Å². The van der Waals surface area contributed by atoms with E-state index in [-0.39, 0.29) is 6.04 Å². The molecule has 1 saturated heterocycles. The van der Waals surface area contributed by atoms with Gasteiger partial charge in [-0.15, -0.1) is 0 Å². The second-order valence-electron chi connectivity index (χ2n) is 5.44. The quantitative estimate of drug-likeness (QED) is 0.698. The van der Waals surface area contributed by atoms with Crippen LogP contribution in [0, 0.1) is 0 Å². The first-order chi connectivity index (χ1) is 9.11. The van der Waals surface area contributed by atoms with E-state index in [0.717, 1.165) is 51.7 Å². The van der Waals surface area contributed by atoms with Crippen molar-refractivity contribution < 1.29 is 8.42 Å². The summed E-state index contributed by atoms with van der Waals surface area (Å²) < 4.78 is 26.7. The Morgan fingerprint density at radius 1 is 1.16 bits per heavy atom. The number of hydrogen-bond donors (Lipinski definition) is 1. The highest BCUT2D eigenvalue weighted by Crippen LogP contribution is 2.22. The van der Waals surface area contributed by atoms with E-state index in [1.165, 1.54) is 12.8 Å². The van der Waals surface area contributed by atoms with Crippen LogP contribution in [0.4, 0.5) is 0 Å². The number of rotatable bonds is 8. The van der Waals surface area contributed by atoms with E-state index in [2.05, 4.69) is 19.2 Å². The minimum Gasteiger partial charge on any atom is -0.317 e. The molecule has 1 N–H and O–H groups in total. The topological polar surface area (TPSA) is 49.4 Å². The Morgan fingerprint density at radius 2 is 1.95 bits per heavy atom. The molecule has 0 aliphatic carbocycles. The Morgan fingerprint density at radius 3 is 2.63 bits per heavy atom. The molecule has 0 amide bonds. The maximum Gasteiger partial charge on any atom is 0.214 e. The molecule has 1 atom stereocenters. The van der Waals surface area contributed by atoms with Crippen LogP contribution in [-0.4, -0.2) is 44.2 Å². The third-order valence-electron chi connectivity index (χ3n) is 3.83. The van der Waals surface area contributed by atoms with E-state index in [1.807, 2.05) is 0 Å². The Kier molecular flexibility index (Phi) is 7.95. The van der Waals surface area contributed by atoms with Crippen molar-refractivity contribution in [2.75, 3.05) is 25.4 Å². The summed E-state index contributed by atoms with van der Waals surface area (Å²) in [5, 5.41) is 3.27. The predicted molar refractivity (Wildman–Crippen MR) is 80.8 cm³/mol. The molecular formula is C14H30N2O2S. The molecule has 5 heteroatoms. The zero-order valence-electron chi connectivity index (χ0n) is 12.5. The van der Waals surface area contributed by atoms with Gasteiger partial charge in [0.05, 0.1) is 5.75 Å². The fraction of sp³-hybridized carbons (Fsp3) is 1.00. The summed E-state index contributed by atoms with van der Waals surface area (Å²) >= 11 is 0. The molecular weight excluding hydrogens is 260 g/mol. The summed E-state index contributed by atoms with van der Waals surface area (Å²) in [6, 6.07) is 0.233. The largest absolute Gasteiger partial charge is 0.317 e. The molecule has 0 bridgehead atoms. The lowest BCUT2D eigenvalue weighted by Crippen LogP contribution is -2.41. The first-order valence-electron chi connectivity index (χ1n) is 7.82. The van der Waals surface area contributed by atoms with Gasteiger partial charge in [-0.3, -0.25) is 0 Å². The molecule has 0 aromatic rings. The molecule has 0 aromatic carbocycles. The van der Waals surface area contributed by atoms with E-state index in [0.29, 0.717) is 5.75 Å². The molecule has 114 valence electrons. The first kappa shape index (κ1) is 16.9. The second kappa shape index (κ2) is 8.93. The maximum atomic E-state index is 12.4. The SMILES string of the molecule is CCCNCCCS(=O)(=O)N1CCCCCC1CC. The van der Waals surface area contributed by atoms with Gasteiger partial charge in [-0.25, -0.2) is 8.42 Å². The van der Waals surface area contributed by atoms with Gasteiger partial charge in [0.15, 0.2) is 0 Å². The highest BCUT2D eigenvalue weighted by molar-refractivity contribution is 7.89. The van der Waals surface area contributed by atoms with Crippen LogP contribution in [0.25, 0.3) is 0 Å². The van der Waals surface area contributed by atoms with Crippen LogP contribution in [0.15, 0.2) is 0 Å². The lowest BCUT2D eigenvalue weighted by atomic mass is 10.1. The molecule has 4 nitrogen and oxygen atoms in total. The van der Waals surface area contributed by atoms with Crippen LogP contribution in [0.3, 0.4) is 0 Å². The second-order valence-corrected chi connectivity index (χ2v) is 7.48. The van der Waals surface area contributed by atoms with E-state index in [1.54, 1.807) is 4.31 Å². The highest BCUT2D eigenvalue weighted by atomic mass is 32.2. The average Bonchev–Trinajstić information content (AvgIpc) is 2.63. The molecule has 1 unspecified atom stereocenters. The predicted octanol–water partition coefficient (Wildman–Crippen LogP) is 2.36. The fourth-order valence-electron chi connectivity index (χ4n) is 2.72. The molecule has 1 rings (SSSR count). The Bertz CT molecular complexity index is 330. The number of nitrogens with one attached hydrogen (secondary N) is 1. The zero-order chi connectivity index (χ0) is 14.1. The molecule has 0 aromatic heterocycles. The Labute approximate surface area is 119 Å². The van der Waals surface area contributed by atoms with Crippen LogP contribution in [0.1, 0.15) is 58.8 Å². The van der Waals surface area contributed by atoms with E-state index < -0.39 is 10.0 Å². The van der Waals surface area contributed by atoms with Crippen molar-refractivity contribution in [3.8, 4) is 0 Å². The molecule has 0 saturated carbocycles. The molecule has 1 aliphatic rings. The maximum absolute atomic E-state index is 12.4. The third kappa shape index (κ3) is 5.79. The number of nitrogens with zero attached hydrogens (tertiary/aromatic N) is 1. The van der Waals surface area contributed by atoms with Gasteiger partial charge in [-0.1, -0.05) is 26.7 Å². The Hall–Kier alpha value is -0.130. The molecule has 1 heterocycles. The van der Waals surface area contributed by atoms with Crippen LogP contribution in [0.2, 0.25) is 0 Å². The summed E-state index contributed by atoms with van der Waals surface area (Å²) in [5.74, 6) is 0.292. The van der Waals surface area contributed by atoms with Crippen molar-refractivity contribution >= 4 is 10.0 Å². The van der Waals surface area contributed by atoms with Gasteiger partial charge in [0.2, 0.25) is 10.0 Å². The molecule has 1 fully saturated rings. The lowest BCUT2D eigenvalue weighted by Gasteiger charge is -2.28. The molecule has 19 heavy (non-hydrogen) atoms. The molecule has 0 spiro atoms. The standard InChI is InChI=1S/C14H30N2O2S/c1-3-10-15-11-8-13-19(17,18)16-12-7-5-6-9-14(16)4-2/h14-15H,3-13H2,1-2H3. The average molecular weight is 290 g/mol. The molecule has 0 radical (unpaired) electrons. The van der Waals surface area contributed by atoms with E-state index in [9.17, 15) is 8.42 Å². The van der Waals surface area contributed by atoms with Gasteiger partial charge in [-0.05, 0) is 45.2 Å². The summed E-state index contributed by atoms with van der Waals surface area (Å²) in [6.45, 7) is 6.72. The minimum absolute atomic E-state index is 0.233. The van der Waals surface area contributed by atoms with Crippen LogP contribution >= 0.6 is 0 Å². The van der Waals surface area contributed by atoms with Gasteiger partial charge in [0, 0.05) is 12.6 Å². The van der Waals surface area contributed by atoms with Gasteiger partial charge in [0.1, 0.15) is 0 Å². The van der Waals surface area contributed by atoms with E-state index >= 15 is 0 Å². The number of sulfonamides is 1. The summed E-state index contributed by atoms with van der Waals surface area (Å²) in [7, 11) is -3.06. The smallest absolute Gasteiger partial charge is 0.214 e. The van der Waals surface area contributed by atoms with Gasteiger partial charge in [0.25, 0.3) is 0 Å². The lowest BCUT2D eigenvalue weighted by molar-refractivity contribution is 0.314. The zero-order valence-corrected chi connectivity index (χ0v) is 13.3. The van der Waals surface area contributed by atoms with Crippen molar-refractivity contribution in [3.63, 3.8) is 0 Å². The van der Waals surface area contributed by atoms with Crippen LogP contribution < -0.4 is 5.32 Å².